The normalized spacial score (nSPS) is 14.2. The van der Waals surface area contributed by atoms with Gasteiger partial charge in [-0.15, -0.1) is 0 Å². The summed E-state index contributed by atoms with van der Waals surface area (Å²) in [7, 11) is 0. The summed E-state index contributed by atoms with van der Waals surface area (Å²) in [6.07, 6.45) is 0. The first-order valence-electron chi connectivity index (χ1n) is 5.73. The van der Waals surface area contributed by atoms with E-state index in [2.05, 4.69) is 10.6 Å². The number of hydrogen-bond donors (Lipinski definition) is 4. The molecule has 1 heterocycles. The number of primary amides is 2. The molecule has 6 heteroatoms. The van der Waals surface area contributed by atoms with Gasteiger partial charge in [0.1, 0.15) is 0 Å². The van der Waals surface area contributed by atoms with Gasteiger partial charge in [0.05, 0.1) is 11.1 Å². The van der Waals surface area contributed by atoms with Crippen LogP contribution in [-0.2, 0) is 0 Å². The lowest BCUT2D eigenvalue weighted by atomic mass is 10.1. The van der Waals surface area contributed by atoms with Crippen molar-refractivity contribution < 1.29 is 9.59 Å². The Hall–Kier alpha value is -1.92. The Morgan fingerprint density at radius 3 is 1.39 bits per heavy atom. The third kappa shape index (κ3) is 4.52. The summed E-state index contributed by atoms with van der Waals surface area (Å²) in [5.41, 5.74) is 10.3. The zero-order valence-electron chi connectivity index (χ0n) is 10.1. The number of piperazine rings is 1. The summed E-state index contributed by atoms with van der Waals surface area (Å²) in [5.74, 6) is -1.30. The van der Waals surface area contributed by atoms with Crippen LogP contribution in [0.15, 0.2) is 24.3 Å². The van der Waals surface area contributed by atoms with Gasteiger partial charge in [-0.2, -0.15) is 0 Å². The minimum atomic E-state index is -0.649. The maximum Gasteiger partial charge on any atom is 0.249 e. The van der Waals surface area contributed by atoms with E-state index in [0.717, 1.165) is 26.2 Å². The molecule has 98 valence electrons. The molecule has 0 aromatic heterocycles. The number of amides is 2. The van der Waals surface area contributed by atoms with Crippen LogP contribution >= 0.6 is 0 Å². The maximum absolute atomic E-state index is 10.7. The molecule has 0 atom stereocenters. The summed E-state index contributed by atoms with van der Waals surface area (Å²) in [6, 6.07) is 6.16. The molecule has 2 rings (SSSR count). The van der Waals surface area contributed by atoms with Crippen LogP contribution in [0.25, 0.3) is 0 Å². The second kappa shape index (κ2) is 7.41. The zero-order chi connectivity index (χ0) is 13.4. The van der Waals surface area contributed by atoms with Gasteiger partial charge < -0.3 is 22.1 Å². The average Bonchev–Trinajstić information content (AvgIpc) is 2.41. The summed E-state index contributed by atoms with van der Waals surface area (Å²) in [5, 5.41) is 6.44. The quantitative estimate of drug-likeness (QED) is 0.543. The average molecular weight is 250 g/mol. The van der Waals surface area contributed by atoms with Crippen LogP contribution in [0.1, 0.15) is 20.7 Å². The Morgan fingerprint density at radius 1 is 0.833 bits per heavy atom. The molecule has 0 bridgehead atoms. The highest BCUT2D eigenvalue weighted by atomic mass is 16.2. The molecule has 18 heavy (non-hydrogen) atoms. The van der Waals surface area contributed by atoms with Gasteiger partial charge in [-0.25, -0.2) is 0 Å². The van der Waals surface area contributed by atoms with Crippen molar-refractivity contribution in [3.63, 3.8) is 0 Å². The molecule has 1 aromatic rings. The smallest absolute Gasteiger partial charge is 0.249 e. The molecule has 1 saturated heterocycles. The molecule has 0 aliphatic carbocycles. The van der Waals surface area contributed by atoms with Crippen molar-refractivity contribution in [3.8, 4) is 0 Å². The lowest BCUT2D eigenvalue weighted by Gasteiger charge is -2.11. The van der Waals surface area contributed by atoms with E-state index in [1.165, 1.54) is 12.1 Å². The number of rotatable bonds is 2. The minimum absolute atomic E-state index is 0.157. The van der Waals surface area contributed by atoms with Gasteiger partial charge >= 0.3 is 0 Å². The Morgan fingerprint density at radius 2 is 1.17 bits per heavy atom. The van der Waals surface area contributed by atoms with Crippen LogP contribution in [0.4, 0.5) is 0 Å². The molecule has 2 amide bonds. The van der Waals surface area contributed by atoms with Gasteiger partial charge in [0.25, 0.3) is 0 Å². The largest absolute Gasteiger partial charge is 0.366 e. The highest BCUT2D eigenvalue weighted by Gasteiger charge is 2.10. The van der Waals surface area contributed by atoms with Crippen LogP contribution in [0, 0.1) is 0 Å². The third-order valence-corrected chi connectivity index (χ3v) is 2.42. The summed E-state index contributed by atoms with van der Waals surface area (Å²) in [6.45, 7) is 4.56. The van der Waals surface area contributed by atoms with Crippen LogP contribution in [-0.4, -0.2) is 38.0 Å². The highest BCUT2D eigenvalue weighted by Crippen LogP contribution is 2.06. The van der Waals surface area contributed by atoms with E-state index in [4.69, 9.17) is 11.5 Å². The Kier molecular flexibility index (Phi) is 5.83. The molecule has 6 nitrogen and oxygen atoms in total. The van der Waals surface area contributed by atoms with E-state index < -0.39 is 11.8 Å². The maximum atomic E-state index is 10.7. The Balaban J connectivity index is 0.000000225. The Labute approximate surface area is 106 Å². The molecule has 0 unspecified atom stereocenters. The van der Waals surface area contributed by atoms with E-state index in [1.807, 2.05) is 0 Å². The first kappa shape index (κ1) is 14.1. The molecule has 1 fully saturated rings. The van der Waals surface area contributed by atoms with Crippen LogP contribution in [0.3, 0.4) is 0 Å². The summed E-state index contributed by atoms with van der Waals surface area (Å²) >= 11 is 0. The molecule has 0 spiro atoms. The summed E-state index contributed by atoms with van der Waals surface area (Å²) < 4.78 is 0. The van der Waals surface area contributed by atoms with Gasteiger partial charge in [0.15, 0.2) is 0 Å². The number of benzene rings is 1. The van der Waals surface area contributed by atoms with Gasteiger partial charge in [-0.3, -0.25) is 9.59 Å². The molecule has 1 aromatic carbocycles. The topological polar surface area (TPSA) is 110 Å². The molecule has 0 saturated carbocycles. The van der Waals surface area contributed by atoms with Gasteiger partial charge in [0.2, 0.25) is 11.8 Å². The number of nitrogens with one attached hydrogen (secondary N) is 2. The van der Waals surface area contributed by atoms with Crippen molar-refractivity contribution in [2.24, 2.45) is 11.5 Å². The van der Waals surface area contributed by atoms with Crippen molar-refractivity contribution in [3.05, 3.63) is 35.4 Å². The molecular formula is C12H18N4O2. The van der Waals surface area contributed by atoms with E-state index in [-0.39, 0.29) is 11.1 Å². The third-order valence-electron chi connectivity index (χ3n) is 2.42. The molecule has 1 aliphatic heterocycles. The molecule has 1 aliphatic rings. The lowest BCUT2D eigenvalue weighted by molar-refractivity contribution is 0.0967. The first-order valence-corrected chi connectivity index (χ1v) is 5.73. The van der Waals surface area contributed by atoms with Crippen molar-refractivity contribution in [1.82, 2.24) is 10.6 Å². The van der Waals surface area contributed by atoms with E-state index in [9.17, 15) is 9.59 Å². The molecule has 0 radical (unpaired) electrons. The van der Waals surface area contributed by atoms with Crippen molar-refractivity contribution >= 4 is 11.8 Å². The van der Waals surface area contributed by atoms with Crippen LogP contribution < -0.4 is 22.1 Å². The monoisotopic (exact) mass is 250 g/mol. The van der Waals surface area contributed by atoms with Crippen molar-refractivity contribution in [1.29, 1.82) is 0 Å². The van der Waals surface area contributed by atoms with Gasteiger partial charge in [0, 0.05) is 26.2 Å². The first-order chi connectivity index (χ1) is 8.63. The van der Waals surface area contributed by atoms with Crippen LogP contribution in [0.2, 0.25) is 0 Å². The molecule has 6 N–H and O–H groups in total. The standard InChI is InChI=1S/C8H8N2O2.C4H10N2/c9-7(11)5-3-1-2-4-6(5)8(10)12;1-2-6-4-3-5-1/h1-4H,(H2,9,11)(H2,10,12);5-6H,1-4H2. The minimum Gasteiger partial charge on any atom is -0.366 e. The number of hydrogen-bond acceptors (Lipinski definition) is 4. The number of nitrogens with two attached hydrogens (primary N) is 2. The molecular weight excluding hydrogens is 232 g/mol. The second-order valence-electron chi connectivity index (χ2n) is 3.77. The van der Waals surface area contributed by atoms with E-state index in [1.54, 1.807) is 12.1 Å². The van der Waals surface area contributed by atoms with E-state index in [0.29, 0.717) is 0 Å². The van der Waals surface area contributed by atoms with Gasteiger partial charge in [-0.1, -0.05) is 12.1 Å². The predicted octanol–water partition coefficient (Wildman–Crippen LogP) is -0.936. The summed E-state index contributed by atoms with van der Waals surface area (Å²) in [4.78, 5) is 21.5. The van der Waals surface area contributed by atoms with Gasteiger partial charge in [-0.05, 0) is 12.1 Å². The number of carbonyl (C=O) groups excluding carboxylic acids is 2. The zero-order valence-corrected chi connectivity index (χ0v) is 10.1. The fraction of sp³-hybridized carbons (Fsp3) is 0.333. The fourth-order valence-corrected chi connectivity index (χ4v) is 1.52. The predicted molar refractivity (Wildman–Crippen MR) is 69.2 cm³/mol. The van der Waals surface area contributed by atoms with Crippen molar-refractivity contribution in [2.75, 3.05) is 26.2 Å². The fourth-order valence-electron chi connectivity index (χ4n) is 1.52. The lowest BCUT2D eigenvalue weighted by Crippen LogP contribution is -2.39. The second-order valence-corrected chi connectivity index (χ2v) is 3.77. The van der Waals surface area contributed by atoms with E-state index >= 15 is 0 Å². The SMILES string of the molecule is C1CNCCN1.NC(=O)c1ccccc1C(N)=O. The van der Waals surface area contributed by atoms with Crippen molar-refractivity contribution in [2.45, 2.75) is 0 Å². The highest BCUT2D eigenvalue weighted by molar-refractivity contribution is 6.06. The Bertz CT molecular complexity index is 372. The number of carbonyl (C=O) groups is 2. The van der Waals surface area contributed by atoms with Crippen LogP contribution in [0.5, 0.6) is 0 Å².